The van der Waals surface area contributed by atoms with Gasteiger partial charge in [0.15, 0.2) is 6.10 Å². The molecule has 0 aliphatic carbocycles. The highest BCUT2D eigenvalue weighted by Crippen LogP contribution is 2.15. The van der Waals surface area contributed by atoms with E-state index in [0.717, 1.165) is 44.9 Å². The second-order valence-corrected chi connectivity index (χ2v) is 16.4. The Labute approximate surface area is 337 Å². The number of carbonyl (C=O) groups is 2. The Morgan fingerprint density at radius 2 is 0.722 bits per heavy atom. The summed E-state index contributed by atoms with van der Waals surface area (Å²) in [7, 11) is 0. The molecule has 0 saturated carbocycles. The molecule has 54 heavy (non-hydrogen) atoms. The molecule has 5 heteroatoms. The smallest absolute Gasteiger partial charge is 0.306 e. The highest BCUT2D eigenvalue weighted by molar-refractivity contribution is 5.70. The van der Waals surface area contributed by atoms with Gasteiger partial charge >= 0.3 is 11.9 Å². The molecule has 0 bridgehead atoms. The van der Waals surface area contributed by atoms with Crippen molar-refractivity contribution in [2.45, 2.75) is 271 Å². The highest BCUT2D eigenvalue weighted by atomic mass is 16.6. The first-order valence-electron chi connectivity index (χ1n) is 24.2. The topological polar surface area (TPSA) is 61.8 Å². The number of rotatable bonds is 45. The van der Waals surface area contributed by atoms with E-state index >= 15 is 0 Å². The minimum Gasteiger partial charge on any atom is -0.462 e. The number of unbranched alkanes of at least 4 members (excludes halogenated alkanes) is 32. The molecule has 0 rings (SSSR count). The van der Waals surface area contributed by atoms with Crippen LogP contribution in [0.2, 0.25) is 0 Å². The Bertz CT molecular complexity index is 780. The Kier molecular flexibility index (Phi) is 44.9. The van der Waals surface area contributed by atoms with Crippen LogP contribution >= 0.6 is 0 Å². The van der Waals surface area contributed by atoms with E-state index in [0.29, 0.717) is 26.1 Å². The van der Waals surface area contributed by atoms with E-state index < -0.39 is 6.10 Å². The fourth-order valence-corrected chi connectivity index (χ4v) is 7.15. The predicted molar refractivity (Wildman–Crippen MR) is 233 cm³/mol. The van der Waals surface area contributed by atoms with Crippen LogP contribution in [0.1, 0.15) is 265 Å². The minimum absolute atomic E-state index is 0.0879. The van der Waals surface area contributed by atoms with E-state index in [1.807, 2.05) is 0 Å². The van der Waals surface area contributed by atoms with Crippen molar-refractivity contribution < 1.29 is 23.8 Å². The molecule has 0 aliphatic rings. The Morgan fingerprint density at radius 1 is 0.389 bits per heavy atom. The van der Waals surface area contributed by atoms with E-state index in [4.69, 9.17) is 14.2 Å². The molecule has 5 nitrogen and oxygen atoms in total. The summed E-state index contributed by atoms with van der Waals surface area (Å²) >= 11 is 0. The Hall–Kier alpha value is -1.36. The van der Waals surface area contributed by atoms with Gasteiger partial charge in [0.1, 0.15) is 6.61 Å². The van der Waals surface area contributed by atoms with Crippen LogP contribution in [0.3, 0.4) is 0 Å². The van der Waals surface area contributed by atoms with Gasteiger partial charge in [0.25, 0.3) is 0 Å². The Morgan fingerprint density at radius 3 is 1.13 bits per heavy atom. The van der Waals surface area contributed by atoms with Crippen molar-refractivity contribution >= 4 is 11.9 Å². The lowest BCUT2D eigenvalue weighted by molar-refractivity contribution is -0.163. The minimum atomic E-state index is -0.526. The molecule has 320 valence electrons. The van der Waals surface area contributed by atoms with Crippen LogP contribution in [0.25, 0.3) is 0 Å². The fourth-order valence-electron chi connectivity index (χ4n) is 7.15. The second kappa shape index (κ2) is 46.0. The van der Waals surface area contributed by atoms with Crippen LogP contribution in [0.15, 0.2) is 12.2 Å². The molecule has 0 saturated heterocycles. The average molecular weight is 763 g/mol. The largest absolute Gasteiger partial charge is 0.462 e. The molecule has 0 N–H and O–H groups in total. The number of hydrogen-bond acceptors (Lipinski definition) is 5. The summed E-state index contributed by atoms with van der Waals surface area (Å²) in [6, 6.07) is 0. The van der Waals surface area contributed by atoms with Gasteiger partial charge in [-0.3, -0.25) is 9.59 Å². The molecule has 0 fully saturated rings. The van der Waals surface area contributed by atoms with Crippen molar-refractivity contribution in [1.29, 1.82) is 0 Å². The number of allylic oxidation sites excluding steroid dienone is 2. The maximum atomic E-state index is 12.5. The zero-order chi connectivity index (χ0) is 39.3. The van der Waals surface area contributed by atoms with Gasteiger partial charge in [-0.2, -0.15) is 0 Å². The van der Waals surface area contributed by atoms with Crippen molar-refractivity contribution in [3.8, 4) is 0 Å². The normalized spacial score (nSPS) is 12.1. The SMILES string of the molecule is CCCCCCCC/C=C\CCCCCCCC(=O)OCC(COCCCCCCCCCCCCCCCCCCCC)OC(=O)CCCCCCC. The molecule has 0 aromatic rings. The van der Waals surface area contributed by atoms with Crippen molar-refractivity contribution in [1.82, 2.24) is 0 Å². The van der Waals surface area contributed by atoms with E-state index in [2.05, 4.69) is 32.9 Å². The summed E-state index contributed by atoms with van der Waals surface area (Å²) < 4.78 is 17.2. The number of ether oxygens (including phenoxy) is 3. The standard InChI is InChI=1S/C49H94O5/c1-4-7-10-13-15-17-19-21-23-24-25-27-29-31-33-35-38-41-44-52-45-47(54-49(51)43-40-36-12-9-6-3)46-53-48(50)42-39-37-34-32-30-28-26-22-20-18-16-14-11-8-5-2/h22,26,47H,4-21,23-25,27-46H2,1-3H3/b26-22-. The number of esters is 2. The summed E-state index contributed by atoms with van der Waals surface area (Å²) in [6.07, 6.45) is 51.0. The van der Waals surface area contributed by atoms with Gasteiger partial charge in [-0.25, -0.2) is 0 Å². The second-order valence-electron chi connectivity index (χ2n) is 16.4. The summed E-state index contributed by atoms with van der Waals surface area (Å²) in [6.45, 7) is 7.79. The zero-order valence-corrected chi connectivity index (χ0v) is 36.8. The van der Waals surface area contributed by atoms with Gasteiger partial charge in [-0.05, 0) is 44.9 Å². The van der Waals surface area contributed by atoms with Crippen molar-refractivity contribution in [2.75, 3.05) is 19.8 Å². The van der Waals surface area contributed by atoms with Crippen molar-refractivity contribution in [2.24, 2.45) is 0 Å². The average Bonchev–Trinajstić information content (AvgIpc) is 3.17. The lowest BCUT2D eigenvalue weighted by Gasteiger charge is -2.18. The molecular formula is C49H94O5. The molecule has 0 spiro atoms. The third-order valence-electron chi connectivity index (χ3n) is 10.8. The van der Waals surface area contributed by atoms with Crippen LogP contribution in [0, 0.1) is 0 Å². The van der Waals surface area contributed by atoms with E-state index in [1.165, 1.54) is 186 Å². The van der Waals surface area contributed by atoms with Gasteiger partial charge in [-0.15, -0.1) is 0 Å². The van der Waals surface area contributed by atoms with Crippen LogP contribution in [0.4, 0.5) is 0 Å². The monoisotopic (exact) mass is 763 g/mol. The van der Waals surface area contributed by atoms with Crippen molar-refractivity contribution in [3.63, 3.8) is 0 Å². The van der Waals surface area contributed by atoms with E-state index in [1.54, 1.807) is 0 Å². The van der Waals surface area contributed by atoms with Crippen LogP contribution < -0.4 is 0 Å². The van der Waals surface area contributed by atoms with Crippen LogP contribution in [-0.4, -0.2) is 37.9 Å². The highest BCUT2D eigenvalue weighted by Gasteiger charge is 2.17. The molecule has 0 heterocycles. The van der Waals surface area contributed by atoms with Crippen LogP contribution in [0.5, 0.6) is 0 Å². The third kappa shape index (κ3) is 43.4. The van der Waals surface area contributed by atoms with Gasteiger partial charge in [0.05, 0.1) is 6.61 Å². The number of carbonyl (C=O) groups excluding carboxylic acids is 2. The maximum absolute atomic E-state index is 12.5. The van der Waals surface area contributed by atoms with Gasteiger partial charge < -0.3 is 14.2 Å². The molecule has 0 aromatic carbocycles. The van der Waals surface area contributed by atoms with E-state index in [-0.39, 0.29) is 18.5 Å². The summed E-state index contributed by atoms with van der Waals surface area (Å²) in [5.74, 6) is -0.404. The molecule has 0 aromatic heterocycles. The third-order valence-corrected chi connectivity index (χ3v) is 10.8. The summed E-state index contributed by atoms with van der Waals surface area (Å²) in [4.78, 5) is 25.0. The van der Waals surface area contributed by atoms with Crippen molar-refractivity contribution in [3.05, 3.63) is 12.2 Å². The van der Waals surface area contributed by atoms with Crippen LogP contribution in [-0.2, 0) is 23.8 Å². The fraction of sp³-hybridized carbons (Fsp3) is 0.918. The molecule has 1 unspecified atom stereocenters. The predicted octanol–water partition coefficient (Wildman–Crippen LogP) is 15.9. The summed E-state index contributed by atoms with van der Waals surface area (Å²) in [5, 5.41) is 0. The molecular weight excluding hydrogens is 669 g/mol. The molecule has 0 aliphatic heterocycles. The maximum Gasteiger partial charge on any atom is 0.306 e. The molecule has 0 radical (unpaired) electrons. The first kappa shape index (κ1) is 52.6. The molecule has 0 amide bonds. The van der Waals surface area contributed by atoms with Gasteiger partial charge in [0.2, 0.25) is 0 Å². The van der Waals surface area contributed by atoms with Gasteiger partial charge in [-0.1, -0.05) is 219 Å². The first-order chi connectivity index (χ1) is 26.6. The zero-order valence-electron chi connectivity index (χ0n) is 36.8. The lowest BCUT2D eigenvalue weighted by Crippen LogP contribution is -2.30. The molecule has 1 atom stereocenters. The summed E-state index contributed by atoms with van der Waals surface area (Å²) in [5.41, 5.74) is 0. The Balaban J connectivity index is 3.99. The van der Waals surface area contributed by atoms with E-state index in [9.17, 15) is 9.59 Å². The quantitative estimate of drug-likeness (QED) is 0.0351. The van der Waals surface area contributed by atoms with Gasteiger partial charge in [0, 0.05) is 19.4 Å². The first-order valence-corrected chi connectivity index (χ1v) is 24.2. The lowest BCUT2D eigenvalue weighted by atomic mass is 10.0. The number of hydrogen-bond donors (Lipinski definition) is 0.